The molecule has 0 aliphatic heterocycles. The van der Waals surface area contributed by atoms with Crippen LogP contribution in [-0.4, -0.2) is 30.2 Å². The Kier molecular flexibility index (Phi) is 5.13. The molecule has 0 saturated carbocycles. The summed E-state index contributed by atoms with van der Waals surface area (Å²) in [5.41, 5.74) is 1.91. The first-order chi connectivity index (χ1) is 8.08. The van der Waals surface area contributed by atoms with Gasteiger partial charge in [0.15, 0.2) is 0 Å². The minimum absolute atomic E-state index is 0.210. The summed E-state index contributed by atoms with van der Waals surface area (Å²) < 4.78 is 0. The van der Waals surface area contributed by atoms with Gasteiger partial charge in [0.25, 0.3) is 0 Å². The molecule has 0 spiro atoms. The lowest BCUT2D eigenvalue weighted by Crippen LogP contribution is -1.98. The average molecular weight is 235 g/mol. The van der Waals surface area contributed by atoms with E-state index in [0.29, 0.717) is 6.42 Å². The Labute approximate surface area is 101 Å². The molecule has 0 bridgehead atoms. The van der Waals surface area contributed by atoms with Crippen LogP contribution in [0.1, 0.15) is 18.4 Å². The van der Waals surface area contributed by atoms with Crippen LogP contribution in [0.15, 0.2) is 34.6 Å². The van der Waals surface area contributed by atoms with Crippen LogP contribution in [0.25, 0.3) is 0 Å². The molecular weight excluding hydrogens is 218 g/mol. The Morgan fingerprint density at radius 2 is 1.94 bits per heavy atom. The van der Waals surface area contributed by atoms with Gasteiger partial charge in [-0.25, -0.2) is 0 Å². The summed E-state index contributed by atoms with van der Waals surface area (Å²) in [6.45, 7) is 0. The number of carboxylic acid groups (broad SMARTS) is 1. The lowest BCUT2D eigenvalue weighted by molar-refractivity contribution is -0.137. The molecule has 5 nitrogen and oxygen atoms in total. The van der Waals surface area contributed by atoms with Gasteiger partial charge in [0.2, 0.25) is 0 Å². The van der Waals surface area contributed by atoms with Crippen molar-refractivity contribution in [3.05, 3.63) is 29.8 Å². The lowest BCUT2D eigenvalue weighted by atomic mass is 10.1. The zero-order valence-electron chi connectivity index (χ0n) is 10.1. The van der Waals surface area contributed by atoms with Crippen molar-refractivity contribution in [1.29, 1.82) is 0 Å². The Morgan fingerprint density at radius 1 is 1.29 bits per heavy atom. The quantitative estimate of drug-likeness (QED) is 0.609. The Hall–Kier alpha value is -1.91. The summed E-state index contributed by atoms with van der Waals surface area (Å²) in [5.74, 6) is -0.749. The molecular formula is C12H17N3O2. The summed E-state index contributed by atoms with van der Waals surface area (Å²) in [4.78, 5) is 10.4. The monoisotopic (exact) mass is 235 g/mol. The molecule has 0 amide bonds. The highest BCUT2D eigenvalue weighted by molar-refractivity contribution is 5.66. The number of carbonyl (C=O) groups is 1. The largest absolute Gasteiger partial charge is 0.481 e. The molecule has 0 aliphatic rings. The second-order valence-corrected chi connectivity index (χ2v) is 3.95. The highest BCUT2D eigenvalue weighted by atomic mass is 16.4. The topological polar surface area (TPSA) is 65.3 Å². The molecule has 92 valence electrons. The van der Waals surface area contributed by atoms with Crippen LogP contribution < -0.4 is 0 Å². The third kappa shape index (κ3) is 5.65. The van der Waals surface area contributed by atoms with Crippen LogP contribution in [-0.2, 0) is 11.2 Å². The number of aryl methyl sites for hydroxylation is 1. The summed E-state index contributed by atoms with van der Waals surface area (Å²) in [7, 11) is 3.62. The van der Waals surface area contributed by atoms with Crippen molar-refractivity contribution in [2.75, 3.05) is 14.1 Å². The van der Waals surface area contributed by atoms with Gasteiger partial charge in [-0.05, 0) is 30.5 Å². The van der Waals surface area contributed by atoms with Gasteiger partial charge in [0.05, 0.1) is 5.69 Å². The molecule has 1 rings (SSSR count). The fourth-order valence-electron chi connectivity index (χ4n) is 1.31. The van der Waals surface area contributed by atoms with E-state index in [-0.39, 0.29) is 6.42 Å². The van der Waals surface area contributed by atoms with E-state index in [4.69, 9.17) is 5.11 Å². The number of aliphatic carboxylic acids is 1. The van der Waals surface area contributed by atoms with Gasteiger partial charge in [0.1, 0.15) is 0 Å². The number of rotatable bonds is 6. The number of carboxylic acids is 1. The van der Waals surface area contributed by atoms with Gasteiger partial charge in [-0.1, -0.05) is 17.4 Å². The summed E-state index contributed by atoms with van der Waals surface area (Å²) in [6, 6.07) is 7.66. The van der Waals surface area contributed by atoms with E-state index in [2.05, 4.69) is 10.3 Å². The number of hydrogen-bond acceptors (Lipinski definition) is 3. The molecule has 0 radical (unpaired) electrons. The molecule has 0 unspecified atom stereocenters. The first-order valence-corrected chi connectivity index (χ1v) is 5.47. The van der Waals surface area contributed by atoms with E-state index < -0.39 is 5.97 Å². The van der Waals surface area contributed by atoms with Gasteiger partial charge >= 0.3 is 5.97 Å². The van der Waals surface area contributed by atoms with Gasteiger partial charge in [-0.2, -0.15) is 0 Å². The van der Waals surface area contributed by atoms with Gasteiger partial charge in [-0.15, -0.1) is 5.11 Å². The van der Waals surface area contributed by atoms with Crippen molar-refractivity contribution in [3.63, 3.8) is 0 Å². The van der Waals surface area contributed by atoms with Crippen molar-refractivity contribution in [2.24, 2.45) is 10.3 Å². The molecule has 5 heteroatoms. The molecule has 1 aromatic rings. The first kappa shape index (κ1) is 13.2. The second-order valence-electron chi connectivity index (χ2n) is 3.95. The van der Waals surface area contributed by atoms with Crippen LogP contribution in [0, 0.1) is 0 Å². The summed E-state index contributed by atoms with van der Waals surface area (Å²) in [5, 5.41) is 18.1. The van der Waals surface area contributed by atoms with Crippen LogP contribution in [0.3, 0.4) is 0 Å². The molecule has 1 N–H and O–H groups in total. The molecule has 17 heavy (non-hydrogen) atoms. The SMILES string of the molecule is CN(C)N=Nc1ccc(CCCC(=O)O)cc1. The van der Waals surface area contributed by atoms with Gasteiger partial charge in [-0.3, -0.25) is 9.80 Å². The van der Waals surface area contributed by atoms with E-state index in [1.165, 1.54) is 0 Å². The zero-order valence-corrected chi connectivity index (χ0v) is 10.1. The van der Waals surface area contributed by atoms with E-state index >= 15 is 0 Å². The molecule has 0 aliphatic carbocycles. The van der Waals surface area contributed by atoms with E-state index in [1.54, 1.807) is 5.01 Å². The Morgan fingerprint density at radius 3 is 2.47 bits per heavy atom. The minimum Gasteiger partial charge on any atom is -0.481 e. The molecule has 0 atom stereocenters. The zero-order chi connectivity index (χ0) is 12.7. The average Bonchev–Trinajstić information content (AvgIpc) is 2.27. The second kappa shape index (κ2) is 6.62. The third-order valence-electron chi connectivity index (χ3n) is 2.13. The normalized spacial score (nSPS) is 10.7. The maximum absolute atomic E-state index is 10.4. The fraction of sp³-hybridized carbons (Fsp3) is 0.417. The standard InChI is InChI=1S/C12H17N3O2/c1-15(2)14-13-11-8-6-10(7-9-11)4-3-5-12(16)17/h6-9H,3-5H2,1-2H3,(H,16,17). The summed E-state index contributed by atoms with van der Waals surface area (Å²) >= 11 is 0. The summed E-state index contributed by atoms with van der Waals surface area (Å²) in [6.07, 6.45) is 1.65. The van der Waals surface area contributed by atoms with Gasteiger partial charge < -0.3 is 5.11 Å². The number of nitrogens with zero attached hydrogens (tertiary/aromatic N) is 3. The first-order valence-electron chi connectivity index (χ1n) is 5.47. The predicted molar refractivity (Wildman–Crippen MR) is 65.2 cm³/mol. The van der Waals surface area contributed by atoms with Crippen LogP contribution in [0.2, 0.25) is 0 Å². The van der Waals surface area contributed by atoms with E-state index in [1.807, 2.05) is 38.4 Å². The predicted octanol–water partition coefficient (Wildman–Crippen LogP) is 2.65. The van der Waals surface area contributed by atoms with Gasteiger partial charge in [0, 0.05) is 20.5 Å². The fourth-order valence-corrected chi connectivity index (χ4v) is 1.31. The van der Waals surface area contributed by atoms with E-state index in [9.17, 15) is 4.79 Å². The lowest BCUT2D eigenvalue weighted by Gasteiger charge is -2.02. The van der Waals surface area contributed by atoms with Crippen molar-refractivity contribution < 1.29 is 9.90 Å². The smallest absolute Gasteiger partial charge is 0.303 e. The van der Waals surface area contributed by atoms with Crippen molar-refractivity contribution >= 4 is 11.7 Å². The van der Waals surface area contributed by atoms with Crippen molar-refractivity contribution in [2.45, 2.75) is 19.3 Å². The van der Waals surface area contributed by atoms with Crippen molar-refractivity contribution in [3.8, 4) is 0 Å². The highest BCUT2D eigenvalue weighted by Crippen LogP contribution is 2.15. The molecule has 0 aromatic heterocycles. The third-order valence-corrected chi connectivity index (χ3v) is 2.13. The van der Waals surface area contributed by atoms with Crippen LogP contribution in [0.4, 0.5) is 5.69 Å². The Balaban J connectivity index is 2.47. The van der Waals surface area contributed by atoms with Crippen LogP contribution in [0.5, 0.6) is 0 Å². The Bertz CT molecular complexity index is 385. The number of hydrogen-bond donors (Lipinski definition) is 1. The minimum atomic E-state index is -0.749. The molecule has 1 aromatic carbocycles. The highest BCUT2D eigenvalue weighted by Gasteiger charge is 1.98. The van der Waals surface area contributed by atoms with E-state index in [0.717, 1.165) is 17.7 Å². The van der Waals surface area contributed by atoms with Crippen molar-refractivity contribution in [1.82, 2.24) is 5.01 Å². The maximum Gasteiger partial charge on any atom is 0.303 e. The molecule has 0 saturated heterocycles. The number of benzene rings is 1. The maximum atomic E-state index is 10.4. The molecule has 0 heterocycles. The molecule has 0 fully saturated rings. The van der Waals surface area contributed by atoms with Crippen LogP contribution >= 0.6 is 0 Å².